The number of aliphatic carboxylic acids is 1. The molecule has 0 atom stereocenters. The molecule has 0 aromatic heterocycles. The molecule has 0 aliphatic heterocycles. The Morgan fingerprint density at radius 1 is 1.06 bits per heavy atom. The number of urea groups is 1. The van der Waals surface area contributed by atoms with E-state index in [-0.39, 0.29) is 18.9 Å². The molecule has 0 aromatic rings. The maximum atomic E-state index is 11.4. The van der Waals surface area contributed by atoms with Gasteiger partial charge in [0.05, 0.1) is 6.42 Å². The summed E-state index contributed by atoms with van der Waals surface area (Å²) in [5.74, 6) is -1.60. The van der Waals surface area contributed by atoms with Gasteiger partial charge in [0.2, 0.25) is 5.91 Å². The lowest BCUT2D eigenvalue weighted by molar-refractivity contribution is -0.138. The normalized spacial score (nSPS) is 16.2. The molecule has 1 aliphatic carbocycles. The number of carbonyl (C=O) groups is 3. The molecular weight excluding hydrogens is 224 g/mol. The third-order valence-corrected chi connectivity index (χ3v) is 2.76. The molecule has 96 valence electrons. The number of carboxylic acid groups (broad SMARTS) is 1. The first-order valence-electron chi connectivity index (χ1n) is 5.90. The topological polar surface area (TPSA) is 95.5 Å². The summed E-state index contributed by atoms with van der Waals surface area (Å²) >= 11 is 0. The van der Waals surface area contributed by atoms with Gasteiger partial charge >= 0.3 is 12.0 Å². The van der Waals surface area contributed by atoms with Crippen molar-refractivity contribution in [2.45, 2.75) is 51.0 Å². The minimum Gasteiger partial charge on any atom is -0.481 e. The molecule has 0 saturated heterocycles. The number of hydrogen-bond acceptors (Lipinski definition) is 3. The van der Waals surface area contributed by atoms with Crippen LogP contribution >= 0.6 is 0 Å². The van der Waals surface area contributed by atoms with E-state index in [4.69, 9.17) is 5.11 Å². The number of carboxylic acids is 1. The molecule has 1 fully saturated rings. The zero-order valence-electron chi connectivity index (χ0n) is 9.70. The Morgan fingerprint density at radius 2 is 1.71 bits per heavy atom. The van der Waals surface area contributed by atoms with E-state index < -0.39 is 17.9 Å². The molecule has 3 N–H and O–H groups in total. The van der Waals surface area contributed by atoms with Gasteiger partial charge < -0.3 is 10.4 Å². The van der Waals surface area contributed by atoms with E-state index >= 15 is 0 Å². The molecule has 17 heavy (non-hydrogen) atoms. The highest BCUT2D eigenvalue weighted by atomic mass is 16.4. The number of nitrogens with one attached hydrogen (secondary N) is 2. The molecule has 0 radical (unpaired) electrons. The van der Waals surface area contributed by atoms with E-state index in [2.05, 4.69) is 10.6 Å². The Morgan fingerprint density at radius 3 is 2.29 bits per heavy atom. The van der Waals surface area contributed by atoms with Crippen LogP contribution in [0.5, 0.6) is 0 Å². The molecule has 6 nitrogen and oxygen atoms in total. The number of imide groups is 1. The van der Waals surface area contributed by atoms with Gasteiger partial charge in [-0.1, -0.05) is 19.3 Å². The second-order valence-electron chi connectivity index (χ2n) is 4.25. The van der Waals surface area contributed by atoms with Crippen LogP contribution in [0.2, 0.25) is 0 Å². The van der Waals surface area contributed by atoms with Crippen LogP contribution in [0.3, 0.4) is 0 Å². The van der Waals surface area contributed by atoms with Crippen LogP contribution in [0.4, 0.5) is 4.79 Å². The van der Waals surface area contributed by atoms with E-state index in [0.717, 1.165) is 25.7 Å². The Balaban J connectivity index is 2.19. The zero-order chi connectivity index (χ0) is 12.7. The van der Waals surface area contributed by atoms with Crippen LogP contribution in [0.25, 0.3) is 0 Å². The first kappa shape index (κ1) is 13.5. The summed E-state index contributed by atoms with van der Waals surface area (Å²) in [7, 11) is 0. The van der Waals surface area contributed by atoms with Gasteiger partial charge in [-0.25, -0.2) is 4.79 Å². The predicted molar refractivity (Wildman–Crippen MR) is 60.4 cm³/mol. The van der Waals surface area contributed by atoms with Gasteiger partial charge in [-0.05, 0) is 12.8 Å². The van der Waals surface area contributed by atoms with Gasteiger partial charge in [0.15, 0.2) is 0 Å². The standard InChI is InChI=1S/C11H18N2O4/c14-9(6-7-10(15)16)13-11(17)12-8-4-2-1-3-5-8/h8H,1-7H2,(H,15,16)(H2,12,13,14,17). The number of rotatable bonds is 4. The molecule has 1 aliphatic rings. The maximum Gasteiger partial charge on any atom is 0.321 e. The molecule has 1 rings (SSSR count). The predicted octanol–water partition coefficient (Wildman–Crippen LogP) is 1.01. The monoisotopic (exact) mass is 242 g/mol. The third-order valence-electron chi connectivity index (χ3n) is 2.76. The minimum absolute atomic E-state index is 0.135. The lowest BCUT2D eigenvalue weighted by Crippen LogP contribution is -2.45. The van der Waals surface area contributed by atoms with E-state index in [1.807, 2.05) is 0 Å². The lowest BCUT2D eigenvalue weighted by Gasteiger charge is -2.22. The molecular formula is C11H18N2O4. The second-order valence-corrected chi connectivity index (χ2v) is 4.25. The van der Waals surface area contributed by atoms with E-state index in [9.17, 15) is 14.4 Å². The van der Waals surface area contributed by atoms with Gasteiger partial charge in [-0.2, -0.15) is 0 Å². The minimum atomic E-state index is -1.05. The highest BCUT2D eigenvalue weighted by molar-refractivity contribution is 5.95. The second kappa shape index (κ2) is 6.88. The maximum absolute atomic E-state index is 11.4. The van der Waals surface area contributed by atoms with Crippen molar-refractivity contribution in [1.82, 2.24) is 10.6 Å². The fraction of sp³-hybridized carbons (Fsp3) is 0.727. The molecule has 0 unspecified atom stereocenters. The first-order chi connectivity index (χ1) is 8.08. The summed E-state index contributed by atoms with van der Waals surface area (Å²) in [5, 5.41) is 13.2. The Labute approximate surface area is 99.8 Å². The van der Waals surface area contributed by atoms with Gasteiger partial charge in [0.1, 0.15) is 0 Å². The van der Waals surface area contributed by atoms with E-state index in [1.165, 1.54) is 6.42 Å². The average molecular weight is 242 g/mol. The van der Waals surface area contributed by atoms with Gasteiger partial charge in [-0.3, -0.25) is 14.9 Å². The number of amides is 3. The van der Waals surface area contributed by atoms with Crippen molar-refractivity contribution in [3.8, 4) is 0 Å². The fourth-order valence-electron chi connectivity index (χ4n) is 1.88. The van der Waals surface area contributed by atoms with Gasteiger partial charge in [0.25, 0.3) is 0 Å². The lowest BCUT2D eigenvalue weighted by atomic mass is 9.96. The highest BCUT2D eigenvalue weighted by Gasteiger charge is 2.16. The molecule has 0 bridgehead atoms. The third kappa shape index (κ3) is 5.89. The summed E-state index contributed by atoms with van der Waals surface area (Å²) in [5.41, 5.74) is 0. The molecule has 0 heterocycles. The number of carbonyl (C=O) groups excluding carboxylic acids is 2. The zero-order valence-corrected chi connectivity index (χ0v) is 9.70. The van der Waals surface area contributed by atoms with Crippen molar-refractivity contribution in [3.05, 3.63) is 0 Å². The van der Waals surface area contributed by atoms with Crippen molar-refractivity contribution in [2.24, 2.45) is 0 Å². The molecule has 3 amide bonds. The quantitative estimate of drug-likeness (QED) is 0.685. The summed E-state index contributed by atoms with van der Waals surface area (Å²) in [4.78, 5) is 32.8. The van der Waals surface area contributed by atoms with Crippen molar-refractivity contribution < 1.29 is 19.5 Å². The molecule has 0 spiro atoms. The molecule has 0 aromatic carbocycles. The van der Waals surface area contributed by atoms with Crippen molar-refractivity contribution >= 4 is 17.9 Å². The van der Waals surface area contributed by atoms with E-state index in [0.29, 0.717) is 0 Å². The van der Waals surface area contributed by atoms with Crippen LogP contribution in [0, 0.1) is 0 Å². The van der Waals surface area contributed by atoms with E-state index in [1.54, 1.807) is 0 Å². The summed E-state index contributed by atoms with van der Waals surface area (Å²) in [6, 6.07) is -0.386. The fourth-order valence-corrected chi connectivity index (χ4v) is 1.88. The first-order valence-corrected chi connectivity index (χ1v) is 5.90. The highest BCUT2D eigenvalue weighted by Crippen LogP contribution is 2.17. The smallest absolute Gasteiger partial charge is 0.321 e. The summed E-state index contributed by atoms with van der Waals surface area (Å²) < 4.78 is 0. The van der Waals surface area contributed by atoms with Crippen molar-refractivity contribution in [3.63, 3.8) is 0 Å². The van der Waals surface area contributed by atoms with Crippen LogP contribution in [0.1, 0.15) is 44.9 Å². The Hall–Kier alpha value is -1.59. The van der Waals surface area contributed by atoms with Crippen LogP contribution in [-0.4, -0.2) is 29.1 Å². The number of hydrogen-bond donors (Lipinski definition) is 3. The average Bonchev–Trinajstić information content (AvgIpc) is 2.27. The largest absolute Gasteiger partial charge is 0.481 e. The molecule has 6 heteroatoms. The summed E-state index contributed by atoms with van der Waals surface area (Å²) in [6.45, 7) is 0. The van der Waals surface area contributed by atoms with Crippen LogP contribution in [0.15, 0.2) is 0 Å². The van der Waals surface area contributed by atoms with Crippen LogP contribution in [-0.2, 0) is 9.59 Å². The summed E-state index contributed by atoms with van der Waals surface area (Å²) in [6.07, 6.45) is 4.83. The Bertz CT molecular complexity index is 298. The Kier molecular flexibility index (Phi) is 5.45. The molecule has 1 saturated carbocycles. The van der Waals surface area contributed by atoms with Gasteiger partial charge in [0, 0.05) is 12.5 Å². The van der Waals surface area contributed by atoms with Crippen molar-refractivity contribution in [1.29, 1.82) is 0 Å². The van der Waals surface area contributed by atoms with Gasteiger partial charge in [-0.15, -0.1) is 0 Å². The van der Waals surface area contributed by atoms with Crippen molar-refractivity contribution in [2.75, 3.05) is 0 Å². The van der Waals surface area contributed by atoms with Crippen LogP contribution < -0.4 is 10.6 Å². The SMILES string of the molecule is O=C(O)CCC(=O)NC(=O)NC1CCCCC1.